The summed E-state index contributed by atoms with van der Waals surface area (Å²) in [5, 5.41) is 0. The molecule has 0 bridgehead atoms. The predicted octanol–water partition coefficient (Wildman–Crippen LogP) is 5.44. The summed E-state index contributed by atoms with van der Waals surface area (Å²) < 4.78 is 10.7. The van der Waals surface area contributed by atoms with Crippen LogP contribution in [0.3, 0.4) is 0 Å². The summed E-state index contributed by atoms with van der Waals surface area (Å²) in [6, 6.07) is 25.4. The quantitative estimate of drug-likeness (QED) is 0.533. The van der Waals surface area contributed by atoms with Gasteiger partial charge in [0.2, 0.25) is 0 Å². The number of ether oxygens (including phenoxy) is 2. The van der Waals surface area contributed by atoms with Crippen LogP contribution in [0.1, 0.15) is 12.5 Å². The monoisotopic (exact) mass is 361 g/mol. The molecule has 0 N–H and O–H groups in total. The van der Waals surface area contributed by atoms with Crippen molar-refractivity contribution in [2.45, 2.75) is 13.3 Å². The Kier molecular flexibility index (Phi) is 6.37. The van der Waals surface area contributed by atoms with Crippen LogP contribution in [0.2, 0.25) is 0 Å². The van der Waals surface area contributed by atoms with Crippen molar-refractivity contribution in [3.63, 3.8) is 0 Å². The first kappa shape index (κ1) is 18.8. The Morgan fingerprint density at radius 3 is 2.04 bits per heavy atom. The van der Waals surface area contributed by atoms with Crippen LogP contribution in [0.25, 0.3) is 11.1 Å². The molecule has 0 aromatic heterocycles. The van der Waals surface area contributed by atoms with Gasteiger partial charge in [0.15, 0.2) is 11.5 Å². The maximum absolute atomic E-state index is 5.41. The normalized spacial score (nSPS) is 10.5. The van der Waals surface area contributed by atoms with Crippen molar-refractivity contribution in [2.24, 2.45) is 0 Å². The van der Waals surface area contributed by atoms with Crippen LogP contribution in [-0.2, 0) is 6.42 Å². The number of methoxy groups -OCH3 is 2. The molecule has 0 amide bonds. The summed E-state index contributed by atoms with van der Waals surface area (Å²) in [5.74, 6) is 1.55. The molecule has 0 fully saturated rings. The lowest BCUT2D eigenvalue weighted by Gasteiger charge is -2.23. The van der Waals surface area contributed by atoms with Crippen molar-refractivity contribution < 1.29 is 9.47 Å². The van der Waals surface area contributed by atoms with Crippen molar-refractivity contribution in [3.8, 4) is 22.6 Å². The van der Waals surface area contributed by atoms with Gasteiger partial charge in [-0.2, -0.15) is 0 Å². The highest BCUT2D eigenvalue weighted by atomic mass is 16.5. The van der Waals surface area contributed by atoms with E-state index in [1.54, 1.807) is 14.2 Å². The van der Waals surface area contributed by atoms with Gasteiger partial charge in [-0.25, -0.2) is 0 Å². The van der Waals surface area contributed by atoms with Crippen molar-refractivity contribution in [3.05, 3.63) is 78.4 Å². The van der Waals surface area contributed by atoms with Gasteiger partial charge in [0.05, 0.1) is 14.2 Å². The Morgan fingerprint density at radius 1 is 0.741 bits per heavy atom. The largest absolute Gasteiger partial charge is 0.493 e. The average molecular weight is 361 g/mol. The Morgan fingerprint density at radius 2 is 1.41 bits per heavy atom. The van der Waals surface area contributed by atoms with Crippen LogP contribution in [-0.4, -0.2) is 27.3 Å². The molecular weight excluding hydrogens is 334 g/mol. The number of anilines is 1. The minimum atomic E-state index is 0.769. The molecule has 140 valence electrons. The summed E-state index contributed by atoms with van der Waals surface area (Å²) >= 11 is 0. The number of likely N-dealkylation sites (N-methyl/N-ethyl adjacent to an activating group) is 1. The summed E-state index contributed by atoms with van der Waals surface area (Å²) in [7, 11) is 3.34. The van der Waals surface area contributed by atoms with E-state index in [2.05, 4.69) is 72.5 Å². The lowest BCUT2D eigenvalue weighted by Crippen LogP contribution is -2.25. The molecule has 3 heteroatoms. The van der Waals surface area contributed by atoms with E-state index in [0.29, 0.717) is 0 Å². The van der Waals surface area contributed by atoms with Crippen LogP contribution in [0.4, 0.5) is 5.69 Å². The SMILES string of the molecule is CCN(CCc1ccc(OC)c(OC)c1)c1ccc(-c2ccccc2)cc1. The molecule has 0 aliphatic heterocycles. The number of hydrogen-bond donors (Lipinski definition) is 0. The summed E-state index contributed by atoms with van der Waals surface area (Å²) in [4.78, 5) is 2.39. The van der Waals surface area contributed by atoms with E-state index in [-0.39, 0.29) is 0 Å². The zero-order chi connectivity index (χ0) is 19.1. The third kappa shape index (κ3) is 4.62. The Balaban J connectivity index is 1.68. The molecule has 0 saturated heterocycles. The van der Waals surface area contributed by atoms with E-state index in [1.807, 2.05) is 12.1 Å². The molecule has 0 spiro atoms. The van der Waals surface area contributed by atoms with E-state index in [1.165, 1.54) is 22.4 Å². The molecule has 27 heavy (non-hydrogen) atoms. The molecule has 3 nitrogen and oxygen atoms in total. The Labute approximate surface area is 162 Å². The van der Waals surface area contributed by atoms with Crippen LogP contribution in [0, 0.1) is 0 Å². The summed E-state index contributed by atoms with van der Waals surface area (Å²) in [6.45, 7) is 4.12. The highest BCUT2D eigenvalue weighted by molar-refractivity contribution is 5.66. The van der Waals surface area contributed by atoms with E-state index in [9.17, 15) is 0 Å². The zero-order valence-electron chi connectivity index (χ0n) is 16.3. The summed E-state index contributed by atoms with van der Waals surface area (Å²) in [5.41, 5.74) is 4.98. The molecule has 0 atom stereocenters. The van der Waals surface area contributed by atoms with Gasteiger partial charge in [-0.1, -0.05) is 48.5 Å². The number of benzene rings is 3. The van der Waals surface area contributed by atoms with Gasteiger partial charge in [-0.15, -0.1) is 0 Å². The van der Waals surface area contributed by atoms with Gasteiger partial charge in [-0.05, 0) is 54.3 Å². The predicted molar refractivity (Wildman–Crippen MR) is 113 cm³/mol. The minimum Gasteiger partial charge on any atom is -0.493 e. The van der Waals surface area contributed by atoms with Crippen LogP contribution < -0.4 is 14.4 Å². The third-order valence-corrected chi connectivity index (χ3v) is 4.84. The molecular formula is C24H27NO2. The van der Waals surface area contributed by atoms with E-state index in [4.69, 9.17) is 9.47 Å². The van der Waals surface area contributed by atoms with Crippen LogP contribution in [0.15, 0.2) is 72.8 Å². The first-order chi connectivity index (χ1) is 13.2. The molecule has 3 aromatic rings. The smallest absolute Gasteiger partial charge is 0.160 e. The molecule has 0 heterocycles. The van der Waals surface area contributed by atoms with Gasteiger partial charge in [0.1, 0.15) is 0 Å². The fraction of sp³-hybridized carbons (Fsp3) is 0.250. The lowest BCUT2D eigenvalue weighted by molar-refractivity contribution is 0.354. The molecule has 0 unspecified atom stereocenters. The standard InChI is InChI=1S/C24H27NO2/c1-4-25(17-16-19-10-15-23(26-2)24(18-19)27-3)22-13-11-21(12-14-22)20-8-6-5-7-9-20/h5-15,18H,4,16-17H2,1-3H3. The molecule has 0 radical (unpaired) electrons. The van der Waals surface area contributed by atoms with Crippen molar-refractivity contribution in [1.29, 1.82) is 0 Å². The van der Waals surface area contributed by atoms with Gasteiger partial charge >= 0.3 is 0 Å². The first-order valence-corrected chi connectivity index (χ1v) is 9.36. The molecule has 0 aliphatic carbocycles. The Hall–Kier alpha value is -2.94. The van der Waals surface area contributed by atoms with E-state index >= 15 is 0 Å². The second kappa shape index (κ2) is 9.13. The maximum atomic E-state index is 5.41. The molecule has 0 aliphatic rings. The number of hydrogen-bond acceptors (Lipinski definition) is 3. The fourth-order valence-corrected chi connectivity index (χ4v) is 3.27. The maximum Gasteiger partial charge on any atom is 0.160 e. The van der Waals surface area contributed by atoms with E-state index < -0.39 is 0 Å². The van der Waals surface area contributed by atoms with Crippen LogP contribution >= 0.6 is 0 Å². The van der Waals surface area contributed by atoms with Crippen molar-refractivity contribution in [1.82, 2.24) is 0 Å². The molecule has 0 saturated carbocycles. The molecule has 3 rings (SSSR count). The average Bonchev–Trinajstić information content (AvgIpc) is 2.75. The Bertz CT molecular complexity index is 844. The highest BCUT2D eigenvalue weighted by Crippen LogP contribution is 2.28. The van der Waals surface area contributed by atoms with Gasteiger partial charge < -0.3 is 14.4 Å². The second-order valence-corrected chi connectivity index (χ2v) is 6.43. The second-order valence-electron chi connectivity index (χ2n) is 6.43. The van der Waals surface area contributed by atoms with Crippen molar-refractivity contribution in [2.75, 3.05) is 32.2 Å². The highest BCUT2D eigenvalue weighted by Gasteiger charge is 2.08. The van der Waals surface area contributed by atoms with Crippen molar-refractivity contribution >= 4 is 5.69 Å². The van der Waals surface area contributed by atoms with Gasteiger partial charge in [0, 0.05) is 18.8 Å². The minimum absolute atomic E-state index is 0.769. The fourth-order valence-electron chi connectivity index (χ4n) is 3.27. The number of nitrogens with zero attached hydrogens (tertiary/aromatic N) is 1. The van der Waals surface area contributed by atoms with Gasteiger partial charge in [-0.3, -0.25) is 0 Å². The topological polar surface area (TPSA) is 21.7 Å². The van der Waals surface area contributed by atoms with Gasteiger partial charge in [0.25, 0.3) is 0 Å². The third-order valence-electron chi connectivity index (χ3n) is 4.84. The van der Waals surface area contributed by atoms with Crippen LogP contribution in [0.5, 0.6) is 11.5 Å². The number of rotatable bonds is 8. The van der Waals surface area contributed by atoms with E-state index in [0.717, 1.165) is 31.0 Å². The lowest BCUT2D eigenvalue weighted by atomic mass is 10.1. The zero-order valence-corrected chi connectivity index (χ0v) is 16.3. The summed E-state index contributed by atoms with van der Waals surface area (Å²) in [6.07, 6.45) is 0.953. The first-order valence-electron chi connectivity index (χ1n) is 9.36. The molecule has 3 aromatic carbocycles.